The number of aryl methyl sites for hydroxylation is 1. The highest BCUT2D eigenvalue weighted by atomic mass is 16.6. The number of nitrogens with one attached hydrogen (secondary N) is 2. The number of nitro groups is 1. The fourth-order valence-electron chi connectivity index (χ4n) is 3.65. The maximum Gasteiger partial charge on any atom is 0.271 e. The molecule has 8 heteroatoms. The predicted octanol–water partition coefficient (Wildman–Crippen LogP) is 2.02. The van der Waals surface area contributed by atoms with Crippen molar-refractivity contribution in [2.45, 2.75) is 31.8 Å². The van der Waals surface area contributed by atoms with E-state index < -0.39 is 17.4 Å². The molecule has 0 aliphatic carbocycles. The van der Waals surface area contributed by atoms with Crippen LogP contribution in [0.3, 0.4) is 0 Å². The number of anilines is 3. The highest BCUT2D eigenvalue weighted by Crippen LogP contribution is 2.37. The van der Waals surface area contributed by atoms with Crippen molar-refractivity contribution in [3.63, 3.8) is 0 Å². The molecule has 2 aromatic rings. The molecule has 0 aromatic heterocycles. The summed E-state index contributed by atoms with van der Waals surface area (Å²) in [5, 5.41) is 36.6. The first-order valence-electron chi connectivity index (χ1n) is 8.56. The summed E-state index contributed by atoms with van der Waals surface area (Å²) >= 11 is 0. The molecule has 0 saturated heterocycles. The maximum atomic E-state index is 11.3. The fraction of sp³-hybridized carbons (Fsp3) is 0.333. The number of hydrogen-bond acceptors (Lipinski definition) is 7. The molecular formula is C18H20N4O4. The van der Waals surface area contributed by atoms with Crippen LogP contribution in [0.2, 0.25) is 0 Å². The van der Waals surface area contributed by atoms with Gasteiger partial charge in [-0.25, -0.2) is 0 Å². The van der Waals surface area contributed by atoms with Crippen LogP contribution in [0.25, 0.3) is 0 Å². The molecule has 0 bridgehead atoms. The summed E-state index contributed by atoms with van der Waals surface area (Å²) < 4.78 is 0. The lowest BCUT2D eigenvalue weighted by molar-refractivity contribution is -0.384. The van der Waals surface area contributed by atoms with Gasteiger partial charge in [0.2, 0.25) is 0 Å². The lowest BCUT2D eigenvalue weighted by Gasteiger charge is -2.34. The minimum Gasteiger partial charge on any atom is -0.369 e. The summed E-state index contributed by atoms with van der Waals surface area (Å²) in [5.41, 5.74) is 4.03. The van der Waals surface area contributed by atoms with Crippen LogP contribution in [0.5, 0.6) is 0 Å². The quantitative estimate of drug-likeness (QED) is 0.492. The zero-order valence-electron chi connectivity index (χ0n) is 14.1. The summed E-state index contributed by atoms with van der Waals surface area (Å²) in [6.45, 7) is 1.33. The lowest BCUT2D eigenvalue weighted by Crippen LogP contribution is -2.43. The molecule has 0 radical (unpaired) electrons. The van der Waals surface area contributed by atoms with E-state index in [-0.39, 0.29) is 5.69 Å². The number of rotatable bonds is 3. The van der Waals surface area contributed by atoms with Gasteiger partial charge in [0.05, 0.1) is 16.3 Å². The Bertz CT molecular complexity index is 857. The second-order valence-electron chi connectivity index (χ2n) is 6.62. The molecule has 2 atom stereocenters. The number of nitrogens with zero attached hydrogens (tertiary/aromatic N) is 2. The van der Waals surface area contributed by atoms with Crippen molar-refractivity contribution < 1.29 is 15.1 Å². The summed E-state index contributed by atoms with van der Waals surface area (Å²) in [6, 6.07) is 11.0. The molecule has 0 saturated carbocycles. The highest BCUT2D eigenvalue weighted by Gasteiger charge is 2.29. The van der Waals surface area contributed by atoms with Crippen molar-refractivity contribution in [2.75, 3.05) is 22.1 Å². The van der Waals surface area contributed by atoms with Crippen molar-refractivity contribution in [1.82, 2.24) is 0 Å². The van der Waals surface area contributed by atoms with Crippen molar-refractivity contribution in [3.05, 3.63) is 57.6 Å². The SMILES string of the molecule is O=[N+]([O-])c1cc(CN2CCCc3ccccc32)c2c(c1)NC(O)C(O)N2. The first-order chi connectivity index (χ1) is 12.5. The van der Waals surface area contributed by atoms with Gasteiger partial charge < -0.3 is 25.7 Å². The van der Waals surface area contributed by atoms with Gasteiger partial charge in [-0.2, -0.15) is 0 Å². The molecule has 26 heavy (non-hydrogen) atoms. The minimum atomic E-state index is -1.23. The van der Waals surface area contributed by atoms with Gasteiger partial charge in [-0.1, -0.05) is 18.2 Å². The molecule has 2 heterocycles. The first kappa shape index (κ1) is 16.6. The second-order valence-corrected chi connectivity index (χ2v) is 6.62. The standard InChI is InChI=1S/C18H20N4O4/c23-17-18(24)20-16-12(8-13(22(25)26)9-14(16)19-17)10-21-7-3-5-11-4-1-2-6-15(11)21/h1-2,4,6,8-9,17-20,23-24H,3,5,7,10H2. The van der Waals surface area contributed by atoms with Gasteiger partial charge in [0.1, 0.15) is 0 Å². The number of aliphatic hydroxyl groups excluding tert-OH is 2. The van der Waals surface area contributed by atoms with Gasteiger partial charge in [0.15, 0.2) is 12.5 Å². The van der Waals surface area contributed by atoms with Gasteiger partial charge >= 0.3 is 0 Å². The van der Waals surface area contributed by atoms with E-state index in [9.17, 15) is 20.3 Å². The third kappa shape index (κ3) is 2.93. The Morgan fingerprint density at radius 2 is 1.96 bits per heavy atom. The third-order valence-corrected chi connectivity index (χ3v) is 4.88. The molecular weight excluding hydrogens is 336 g/mol. The molecule has 136 valence electrons. The molecule has 2 aliphatic heterocycles. The molecule has 8 nitrogen and oxygen atoms in total. The van der Waals surface area contributed by atoms with Gasteiger partial charge in [0.25, 0.3) is 5.69 Å². The zero-order chi connectivity index (χ0) is 18.3. The van der Waals surface area contributed by atoms with E-state index in [0.717, 1.165) is 25.1 Å². The molecule has 0 spiro atoms. The van der Waals surface area contributed by atoms with Crippen LogP contribution >= 0.6 is 0 Å². The van der Waals surface area contributed by atoms with Crippen molar-refractivity contribution >= 4 is 22.7 Å². The summed E-state index contributed by atoms with van der Waals surface area (Å²) in [7, 11) is 0. The maximum absolute atomic E-state index is 11.3. The van der Waals surface area contributed by atoms with Crippen LogP contribution in [0, 0.1) is 10.1 Å². The Balaban J connectivity index is 1.74. The van der Waals surface area contributed by atoms with Crippen LogP contribution in [-0.4, -0.2) is 34.1 Å². The van der Waals surface area contributed by atoms with E-state index in [4.69, 9.17) is 0 Å². The van der Waals surface area contributed by atoms with Crippen LogP contribution in [0.15, 0.2) is 36.4 Å². The number of nitro benzene ring substituents is 1. The van der Waals surface area contributed by atoms with Crippen molar-refractivity contribution in [1.29, 1.82) is 0 Å². The zero-order valence-corrected chi connectivity index (χ0v) is 14.1. The monoisotopic (exact) mass is 356 g/mol. The smallest absolute Gasteiger partial charge is 0.271 e. The average Bonchev–Trinajstić information content (AvgIpc) is 2.63. The molecule has 0 fully saturated rings. The van der Waals surface area contributed by atoms with Crippen molar-refractivity contribution in [3.8, 4) is 0 Å². The Labute approximate surface area is 150 Å². The molecule has 4 rings (SSSR count). The van der Waals surface area contributed by atoms with Gasteiger partial charge in [0, 0.05) is 36.5 Å². The fourth-order valence-corrected chi connectivity index (χ4v) is 3.65. The Hall–Kier alpha value is -2.84. The van der Waals surface area contributed by atoms with Crippen LogP contribution in [0.4, 0.5) is 22.7 Å². The lowest BCUT2D eigenvalue weighted by atomic mass is 10.00. The summed E-state index contributed by atoms with van der Waals surface area (Å²) in [4.78, 5) is 13.0. The number of benzene rings is 2. The largest absolute Gasteiger partial charge is 0.369 e. The van der Waals surface area contributed by atoms with Crippen LogP contribution < -0.4 is 15.5 Å². The molecule has 2 aliphatic rings. The summed E-state index contributed by atoms with van der Waals surface area (Å²) in [5.74, 6) is 0. The first-order valence-corrected chi connectivity index (χ1v) is 8.56. The number of hydrogen-bond donors (Lipinski definition) is 4. The van der Waals surface area contributed by atoms with E-state index >= 15 is 0 Å². The molecule has 0 amide bonds. The molecule has 2 aromatic carbocycles. The van der Waals surface area contributed by atoms with Crippen LogP contribution in [0.1, 0.15) is 17.5 Å². The number of non-ortho nitro benzene ring substituents is 1. The molecule has 2 unspecified atom stereocenters. The number of fused-ring (bicyclic) bond motifs is 2. The van der Waals surface area contributed by atoms with Gasteiger partial charge in [-0.3, -0.25) is 10.1 Å². The minimum absolute atomic E-state index is 0.0538. The Morgan fingerprint density at radius 1 is 1.19 bits per heavy atom. The third-order valence-electron chi connectivity index (χ3n) is 4.88. The number of para-hydroxylation sites is 1. The van der Waals surface area contributed by atoms with E-state index in [1.807, 2.05) is 12.1 Å². The predicted molar refractivity (Wildman–Crippen MR) is 98.2 cm³/mol. The van der Waals surface area contributed by atoms with E-state index in [0.29, 0.717) is 23.5 Å². The van der Waals surface area contributed by atoms with Crippen molar-refractivity contribution in [2.24, 2.45) is 0 Å². The average molecular weight is 356 g/mol. The van der Waals surface area contributed by atoms with Crippen LogP contribution in [-0.2, 0) is 13.0 Å². The Kier molecular flexibility index (Phi) is 4.14. The normalized spacial score (nSPS) is 21.2. The molecule has 4 N–H and O–H groups in total. The van der Waals surface area contributed by atoms with E-state index in [1.165, 1.54) is 17.7 Å². The summed E-state index contributed by atoms with van der Waals surface area (Å²) in [6.07, 6.45) is -0.379. The van der Waals surface area contributed by atoms with Gasteiger partial charge in [-0.15, -0.1) is 0 Å². The second kappa shape index (κ2) is 6.47. The van der Waals surface area contributed by atoms with E-state index in [2.05, 4.69) is 27.7 Å². The topological polar surface area (TPSA) is 111 Å². The Morgan fingerprint density at radius 3 is 2.77 bits per heavy atom. The van der Waals surface area contributed by atoms with Gasteiger partial charge in [-0.05, 0) is 24.5 Å². The number of aliphatic hydroxyl groups is 2. The van der Waals surface area contributed by atoms with E-state index in [1.54, 1.807) is 0 Å². The highest BCUT2D eigenvalue weighted by molar-refractivity contribution is 5.78.